The van der Waals surface area contributed by atoms with E-state index in [0.29, 0.717) is 12.1 Å². The van der Waals surface area contributed by atoms with Gasteiger partial charge in [0.25, 0.3) is 0 Å². The van der Waals surface area contributed by atoms with Gasteiger partial charge >= 0.3 is 5.97 Å². The maximum atomic E-state index is 10.8. The van der Waals surface area contributed by atoms with Crippen molar-refractivity contribution in [2.75, 3.05) is 18.0 Å². The minimum Gasteiger partial charge on any atom is -0.481 e. The van der Waals surface area contributed by atoms with Crippen LogP contribution in [0.5, 0.6) is 0 Å². The van der Waals surface area contributed by atoms with Crippen molar-refractivity contribution in [3.63, 3.8) is 0 Å². The highest BCUT2D eigenvalue weighted by atomic mass is 16.4. The van der Waals surface area contributed by atoms with Gasteiger partial charge in [-0.1, -0.05) is 6.92 Å². The second-order valence-corrected chi connectivity index (χ2v) is 3.94. The number of rotatable bonds is 5. The maximum Gasteiger partial charge on any atom is 0.308 e. The van der Waals surface area contributed by atoms with E-state index in [4.69, 9.17) is 10.4 Å². The molecule has 0 aliphatic rings. The fourth-order valence-electron chi connectivity index (χ4n) is 1.57. The highest BCUT2D eigenvalue weighted by Gasteiger charge is 2.15. The second kappa shape index (κ2) is 5.90. The summed E-state index contributed by atoms with van der Waals surface area (Å²) < 4.78 is 0. The van der Waals surface area contributed by atoms with Gasteiger partial charge in [0.15, 0.2) is 0 Å². The minimum atomic E-state index is -0.794. The van der Waals surface area contributed by atoms with Crippen molar-refractivity contribution in [1.82, 2.24) is 0 Å². The summed E-state index contributed by atoms with van der Waals surface area (Å²) in [5, 5.41) is 17.6. The van der Waals surface area contributed by atoms with Gasteiger partial charge in [-0.25, -0.2) is 0 Å². The van der Waals surface area contributed by atoms with Crippen LogP contribution in [0.3, 0.4) is 0 Å². The van der Waals surface area contributed by atoms with Gasteiger partial charge in [-0.05, 0) is 31.2 Å². The SMILES string of the molecule is CCN(CC(C)C(=O)O)c1ccc(C#N)cc1. The summed E-state index contributed by atoms with van der Waals surface area (Å²) in [6.07, 6.45) is 0. The lowest BCUT2D eigenvalue weighted by Gasteiger charge is -2.25. The third kappa shape index (κ3) is 3.49. The third-order valence-corrected chi connectivity index (χ3v) is 2.66. The Morgan fingerprint density at radius 2 is 2.06 bits per heavy atom. The van der Waals surface area contributed by atoms with Crippen molar-refractivity contribution >= 4 is 11.7 Å². The number of carboxylic acid groups (broad SMARTS) is 1. The summed E-state index contributed by atoms with van der Waals surface area (Å²) >= 11 is 0. The Labute approximate surface area is 101 Å². The lowest BCUT2D eigenvalue weighted by molar-refractivity contribution is -0.140. The standard InChI is InChI=1S/C13H16N2O2/c1-3-15(9-10(2)13(16)17)12-6-4-11(8-14)5-7-12/h4-7,10H,3,9H2,1-2H3,(H,16,17). The molecule has 1 aromatic carbocycles. The number of hydrogen-bond donors (Lipinski definition) is 1. The van der Waals surface area contributed by atoms with Crippen LogP contribution in [0.25, 0.3) is 0 Å². The van der Waals surface area contributed by atoms with Crippen LogP contribution in [0.2, 0.25) is 0 Å². The number of benzene rings is 1. The molecule has 0 fully saturated rings. The number of aliphatic carboxylic acids is 1. The predicted octanol–water partition coefficient (Wildman–Crippen LogP) is 2.11. The number of nitriles is 1. The normalized spacial score (nSPS) is 11.6. The van der Waals surface area contributed by atoms with E-state index in [0.717, 1.165) is 12.2 Å². The van der Waals surface area contributed by atoms with Gasteiger partial charge in [-0.3, -0.25) is 4.79 Å². The first-order valence-corrected chi connectivity index (χ1v) is 5.56. The minimum absolute atomic E-state index is 0.411. The molecule has 0 aromatic heterocycles. The van der Waals surface area contributed by atoms with Crippen LogP contribution in [0.15, 0.2) is 24.3 Å². The van der Waals surface area contributed by atoms with Crippen LogP contribution in [-0.4, -0.2) is 24.2 Å². The van der Waals surface area contributed by atoms with Crippen molar-refractivity contribution in [1.29, 1.82) is 5.26 Å². The van der Waals surface area contributed by atoms with Crippen LogP contribution < -0.4 is 4.90 Å². The zero-order valence-corrected chi connectivity index (χ0v) is 10.1. The van der Waals surface area contributed by atoms with Crippen molar-refractivity contribution in [3.05, 3.63) is 29.8 Å². The maximum absolute atomic E-state index is 10.8. The van der Waals surface area contributed by atoms with E-state index in [1.165, 1.54) is 0 Å². The van der Waals surface area contributed by atoms with E-state index in [2.05, 4.69) is 6.07 Å². The first-order valence-electron chi connectivity index (χ1n) is 5.56. The van der Waals surface area contributed by atoms with E-state index in [1.807, 2.05) is 24.0 Å². The number of carbonyl (C=O) groups is 1. The molecule has 0 bridgehead atoms. The smallest absolute Gasteiger partial charge is 0.308 e. The van der Waals surface area contributed by atoms with Crippen LogP contribution in [0, 0.1) is 17.2 Å². The Morgan fingerprint density at radius 3 is 2.47 bits per heavy atom. The molecule has 1 unspecified atom stereocenters. The molecule has 1 atom stereocenters. The van der Waals surface area contributed by atoms with Gasteiger partial charge in [0, 0.05) is 18.8 Å². The quantitative estimate of drug-likeness (QED) is 0.844. The van der Waals surface area contributed by atoms with Gasteiger partial charge in [-0.2, -0.15) is 5.26 Å². The monoisotopic (exact) mass is 232 g/mol. The van der Waals surface area contributed by atoms with Crippen LogP contribution in [-0.2, 0) is 4.79 Å². The molecule has 4 heteroatoms. The molecule has 0 saturated heterocycles. The van der Waals surface area contributed by atoms with Crippen molar-refractivity contribution in [2.24, 2.45) is 5.92 Å². The van der Waals surface area contributed by atoms with E-state index in [9.17, 15) is 4.79 Å². The van der Waals surface area contributed by atoms with E-state index >= 15 is 0 Å². The summed E-state index contributed by atoms with van der Waals surface area (Å²) in [5.74, 6) is -1.21. The molecule has 0 spiro atoms. The lowest BCUT2D eigenvalue weighted by atomic mass is 10.1. The average Bonchev–Trinajstić information content (AvgIpc) is 2.35. The van der Waals surface area contributed by atoms with Gasteiger partial charge in [-0.15, -0.1) is 0 Å². The highest BCUT2D eigenvalue weighted by Crippen LogP contribution is 2.16. The summed E-state index contributed by atoms with van der Waals surface area (Å²) in [6.45, 7) is 4.88. The van der Waals surface area contributed by atoms with Gasteiger partial charge in [0.2, 0.25) is 0 Å². The van der Waals surface area contributed by atoms with Crippen LogP contribution >= 0.6 is 0 Å². The number of carboxylic acids is 1. The molecule has 1 rings (SSSR count). The molecule has 17 heavy (non-hydrogen) atoms. The summed E-state index contributed by atoms with van der Waals surface area (Å²) in [6, 6.07) is 9.22. The first-order chi connectivity index (χ1) is 8.08. The van der Waals surface area contributed by atoms with Crippen molar-refractivity contribution in [3.8, 4) is 6.07 Å². The molecule has 0 aliphatic carbocycles. The fraction of sp³-hybridized carbons (Fsp3) is 0.385. The van der Waals surface area contributed by atoms with E-state index in [-0.39, 0.29) is 0 Å². The average molecular weight is 232 g/mol. The molecule has 1 N–H and O–H groups in total. The largest absolute Gasteiger partial charge is 0.481 e. The molecular weight excluding hydrogens is 216 g/mol. The number of hydrogen-bond acceptors (Lipinski definition) is 3. The summed E-state index contributed by atoms with van der Waals surface area (Å²) in [5.41, 5.74) is 1.55. The van der Waals surface area contributed by atoms with Gasteiger partial charge in [0.05, 0.1) is 17.6 Å². The Bertz CT molecular complexity index is 420. The molecule has 1 aromatic rings. The Balaban J connectivity index is 2.79. The van der Waals surface area contributed by atoms with Gasteiger partial charge in [0.1, 0.15) is 0 Å². The van der Waals surface area contributed by atoms with Crippen molar-refractivity contribution < 1.29 is 9.90 Å². The topological polar surface area (TPSA) is 64.3 Å². The van der Waals surface area contributed by atoms with Crippen molar-refractivity contribution in [2.45, 2.75) is 13.8 Å². The number of anilines is 1. The fourth-order valence-corrected chi connectivity index (χ4v) is 1.57. The highest BCUT2D eigenvalue weighted by molar-refractivity contribution is 5.70. The lowest BCUT2D eigenvalue weighted by Crippen LogP contribution is -2.31. The van der Waals surface area contributed by atoms with Crippen LogP contribution in [0.4, 0.5) is 5.69 Å². The first kappa shape index (κ1) is 13.0. The summed E-state index contributed by atoms with van der Waals surface area (Å²) in [4.78, 5) is 12.8. The van der Waals surface area contributed by atoms with E-state index < -0.39 is 11.9 Å². The Hall–Kier alpha value is -2.02. The molecule has 4 nitrogen and oxygen atoms in total. The summed E-state index contributed by atoms with van der Waals surface area (Å²) in [7, 11) is 0. The van der Waals surface area contributed by atoms with Gasteiger partial charge < -0.3 is 10.0 Å². The molecule has 0 amide bonds. The number of nitrogens with zero attached hydrogens (tertiary/aromatic N) is 2. The molecule has 0 heterocycles. The molecule has 0 radical (unpaired) electrons. The van der Waals surface area contributed by atoms with Crippen LogP contribution in [0.1, 0.15) is 19.4 Å². The molecule has 0 saturated carbocycles. The molecular formula is C13H16N2O2. The Kier molecular flexibility index (Phi) is 4.53. The Morgan fingerprint density at radius 1 is 1.47 bits per heavy atom. The molecule has 0 aliphatic heterocycles. The zero-order valence-electron chi connectivity index (χ0n) is 10.1. The second-order valence-electron chi connectivity index (χ2n) is 3.94. The third-order valence-electron chi connectivity index (χ3n) is 2.66. The molecule has 90 valence electrons. The zero-order chi connectivity index (χ0) is 12.8. The van der Waals surface area contributed by atoms with E-state index in [1.54, 1.807) is 19.1 Å². The predicted molar refractivity (Wildman–Crippen MR) is 65.8 cm³/mol.